The lowest BCUT2D eigenvalue weighted by atomic mass is 10.1. The molecule has 0 spiro atoms. The van der Waals surface area contributed by atoms with Crippen LogP contribution in [0.4, 0.5) is 0 Å². The van der Waals surface area contributed by atoms with E-state index in [1.807, 2.05) is 61.5 Å². The zero-order valence-electron chi connectivity index (χ0n) is 10.7. The standard InChI is InChI=1S/C17H14OS/c1-13-11-12-14-7-5-6-10-16(14)17(13)19(18)15-8-3-2-4-9-15/h2-12H,1H3. The van der Waals surface area contributed by atoms with Crippen molar-refractivity contribution in [3.8, 4) is 0 Å². The van der Waals surface area contributed by atoms with Crippen LogP contribution in [0.15, 0.2) is 76.5 Å². The summed E-state index contributed by atoms with van der Waals surface area (Å²) in [6, 6.07) is 21.8. The Kier molecular flexibility index (Phi) is 3.18. The molecule has 3 rings (SSSR count). The molecule has 0 saturated carbocycles. The summed E-state index contributed by atoms with van der Waals surface area (Å²) in [5.74, 6) is 0. The molecule has 0 radical (unpaired) electrons. The molecular formula is C17H14OS. The molecule has 0 fully saturated rings. The number of rotatable bonds is 2. The summed E-state index contributed by atoms with van der Waals surface area (Å²) in [7, 11) is -1.13. The summed E-state index contributed by atoms with van der Waals surface area (Å²) in [4.78, 5) is 1.77. The molecule has 0 aliphatic heterocycles. The van der Waals surface area contributed by atoms with Crippen molar-refractivity contribution in [3.63, 3.8) is 0 Å². The minimum atomic E-state index is -1.13. The number of aryl methyl sites for hydroxylation is 1. The molecule has 0 saturated heterocycles. The minimum absolute atomic E-state index is 0.849. The third-order valence-electron chi connectivity index (χ3n) is 3.22. The van der Waals surface area contributed by atoms with Crippen molar-refractivity contribution < 1.29 is 4.21 Å². The van der Waals surface area contributed by atoms with Gasteiger partial charge in [0.15, 0.2) is 0 Å². The second-order valence-electron chi connectivity index (χ2n) is 4.51. The topological polar surface area (TPSA) is 17.1 Å². The minimum Gasteiger partial charge on any atom is -0.249 e. The fraction of sp³-hybridized carbons (Fsp3) is 0.0588. The van der Waals surface area contributed by atoms with E-state index < -0.39 is 10.8 Å². The van der Waals surface area contributed by atoms with Gasteiger partial charge in [0.1, 0.15) is 0 Å². The average molecular weight is 266 g/mol. The van der Waals surface area contributed by atoms with Gasteiger partial charge in [-0.15, -0.1) is 0 Å². The van der Waals surface area contributed by atoms with Crippen molar-refractivity contribution in [3.05, 3.63) is 72.3 Å². The lowest BCUT2D eigenvalue weighted by molar-refractivity contribution is 0.683. The summed E-state index contributed by atoms with van der Waals surface area (Å²) in [6.07, 6.45) is 0. The van der Waals surface area contributed by atoms with E-state index in [2.05, 4.69) is 12.1 Å². The van der Waals surface area contributed by atoms with Crippen molar-refractivity contribution in [2.45, 2.75) is 16.7 Å². The Hall–Kier alpha value is -1.93. The monoisotopic (exact) mass is 266 g/mol. The molecule has 0 N–H and O–H groups in total. The van der Waals surface area contributed by atoms with Crippen molar-refractivity contribution in [2.75, 3.05) is 0 Å². The third-order valence-corrected chi connectivity index (χ3v) is 4.83. The molecule has 0 aromatic heterocycles. The summed E-state index contributed by atoms with van der Waals surface area (Å²) < 4.78 is 12.8. The van der Waals surface area contributed by atoms with Crippen LogP contribution in [0.3, 0.4) is 0 Å². The smallest absolute Gasteiger partial charge is 0.0858 e. The fourth-order valence-corrected chi connectivity index (χ4v) is 3.65. The molecule has 2 heteroatoms. The Morgan fingerprint density at radius 1 is 0.789 bits per heavy atom. The van der Waals surface area contributed by atoms with Crippen LogP contribution in [0.1, 0.15) is 5.56 Å². The van der Waals surface area contributed by atoms with E-state index in [9.17, 15) is 4.21 Å². The number of hydrogen-bond acceptors (Lipinski definition) is 1. The SMILES string of the molecule is Cc1ccc2ccccc2c1S(=O)c1ccccc1. The molecular weight excluding hydrogens is 252 g/mol. The van der Waals surface area contributed by atoms with Gasteiger partial charge in [0.05, 0.1) is 15.7 Å². The molecule has 1 atom stereocenters. The van der Waals surface area contributed by atoms with Gasteiger partial charge in [-0.3, -0.25) is 0 Å². The Balaban J connectivity index is 2.25. The molecule has 3 aromatic rings. The summed E-state index contributed by atoms with van der Waals surface area (Å²) in [5, 5.41) is 2.21. The maximum Gasteiger partial charge on any atom is 0.0858 e. The lowest BCUT2D eigenvalue weighted by Crippen LogP contribution is -1.97. The number of fused-ring (bicyclic) bond motifs is 1. The highest BCUT2D eigenvalue weighted by Gasteiger charge is 2.13. The third kappa shape index (κ3) is 2.20. The molecule has 19 heavy (non-hydrogen) atoms. The highest BCUT2D eigenvalue weighted by molar-refractivity contribution is 7.85. The van der Waals surface area contributed by atoms with E-state index in [4.69, 9.17) is 0 Å². The molecule has 3 aromatic carbocycles. The molecule has 0 amide bonds. The first-order valence-corrected chi connectivity index (χ1v) is 7.37. The Bertz CT molecular complexity index is 748. The number of hydrogen-bond donors (Lipinski definition) is 0. The van der Waals surface area contributed by atoms with Crippen LogP contribution in [0.5, 0.6) is 0 Å². The second-order valence-corrected chi connectivity index (χ2v) is 5.93. The highest BCUT2D eigenvalue weighted by atomic mass is 32.2. The maximum atomic E-state index is 12.8. The van der Waals surface area contributed by atoms with Crippen LogP contribution in [0.25, 0.3) is 10.8 Å². The first-order chi connectivity index (χ1) is 9.27. The van der Waals surface area contributed by atoms with Crippen LogP contribution in [-0.2, 0) is 10.8 Å². The predicted molar refractivity (Wildman–Crippen MR) is 79.8 cm³/mol. The fourth-order valence-electron chi connectivity index (χ4n) is 2.26. The molecule has 1 unspecified atom stereocenters. The summed E-state index contributed by atoms with van der Waals surface area (Å²) in [5.41, 5.74) is 1.07. The Morgan fingerprint density at radius 2 is 1.47 bits per heavy atom. The van der Waals surface area contributed by atoms with E-state index in [-0.39, 0.29) is 0 Å². The molecule has 94 valence electrons. The van der Waals surface area contributed by atoms with E-state index >= 15 is 0 Å². The van der Waals surface area contributed by atoms with Gasteiger partial charge >= 0.3 is 0 Å². The van der Waals surface area contributed by atoms with Crippen LogP contribution in [-0.4, -0.2) is 4.21 Å². The Labute approximate surface area is 115 Å². The van der Waals surface area contributed by atoms with Gasteiger partial charge in [-0.2, -0.15) is 0 Å². The van der Waals surface area contributed by atoms with Crippen LogP contribution in [0, 0.1) is 6.92 Å². The first kappa shape index (κ1) is 12.1. The first-order valence-electron chi connectivity index (χ1n) is 6.22. The highest BCUT2D eigenvalue weighted by Crippen LogP contribution is 2.28. The van der Waals surface area contributed by atoms with Crippen molar-refractivity contribution in [1.29, 1.82) is 0 Å². The molecule has 1 nitrogen and oxygen atoms in total. The van der Waals surface area contributed by atoms with Gasteiger partial charge in [0.2, 0.25) is 0 Å². The zero-order valence-corrected chi connectivity index (χ0v) is 11.5. The second kappa shape index (κ2) is 4.98. The summed E-state index contributed by atoms with van der Waals surface area (Å²) >= 11 is 0. The molecule has 0 aliphatic carbocycles. The van der Waals surface area contributed by atoms with Gasteiger partial charge in [0, 0.05) is 4.90 Å². The normalized spacial score (nSPS) is 12.5. The van der Waals surface area contributed by atoms with Gasteiger partial charge in [-0.25, -0.2) is 4.21 Å². The maximum absolute atomic E-state index is 12.8. The average Bonchev–Trinajstić information content (AvgIpc) is 2.47. The lowest BCUT2D eigenvalue weighted by Gasteiger charge is -2.10. The van der Waals surface area contributed by atoms with E-state index in [0.29, 0.717) is 0 Å². The van der Waals surface area contributed by atoms with E-state index in [1.54, 1.807) is 0 Å². The predicted octanol–water partition coefficient (Wildman–Crippen LogP) is 4.31. The zero-order chi connectivity index (χ0) is 13.2. The molecule has 0 aliphatic rings. The van der Waals surface area contributed by atoms with Crippen LogP contribution < -0.4 is 0 Å². The van der Waals surface area contributed by atoms with Gasteiger partial charge in [0.25, 0.3) is 0 Å². The molecule has 0 bridgehead atoms. The van der Waals surface area contributed by atoms with Crippen LogP contribution in [0.2, 0.25) is 0 Å². The quantitative estimate of drug-likeness (QED) is 0.675. The van der Waals surface area contributed by atoms with Crippen LogP contribution >= 0.6 is 0 Å². The van der Waals surface area contributed by atoms with E-state index in [0.717, 1.165) is 26.1 Å². The van der Waals surface area contributed by atoms with Crippen molar-refractivity contribution >= 4 is 21.6 Å². The van der Waals surface area contributed by atoms with Gasteiger partial charge < -0.3 is 0 Å². The van der Waals surface area contributed by atoms with Crippen molar-refractivity contribution in [2.24, 2.45) is 0 Å². The summed E-state index contributed by atoms with van der Waals surface area (Å²) in [6.45, 7) is 2.02. The van der Waals surface area contributed by atoms with Crippen molar-refractivity contribution in [1.82, 2.24) is 0 Å². The van der Waals surface area contributed by atoms with Gasteiger partial charge in [-0.05, 0) is 35.4 Å². The van der Waals surface area contributed by atoms with Gasteiger partial charge in [-0.1, -0.05) is 54.6 Å². The van der Waals surface area contributed by atoms with E-state index in [1.165, 1.54) is 0 Å². The largest absolute Gasteiger partial charge is 0.249 e. The number of benzene rings is 3. The molecule has 0 heterocycles. The Morgan fingerprint density at radius 3 is 2.26 bits per heavy atom.